The maximum atomic E-state index is 6.78. The van der Waals surface area contributed by atoms with Crippen LogP contribution in [0.2, 0.25) is 0 Å². The van der Waals surface area contributed by atoms with Crippen molar-refractivity contribution in [1.82, 2.24) is 0 Å². The number of halogens is 1. The van der Waals surface area contributed by atoms with Gasteiger partial charge < -0.3 is 0 Å². The highest BCUT2D eigenvalue weighted by atomic mass is 35.5. The van der Waals surface area contributed by atoms with Gasteiger partial charge in [-0.05, 0) is 74.3 Å². The Morgan fingerprint density at radius 2 is 1.55 bits per heavy atom. The molecule has 0 aromatic heterocycles. The summed E-state index contributed by atoms with van der Waals surface area (Å²) in [5.41, 5.74) is 6.96. The fourth-order valence-corrected chi connectivity index (χ4v) is 4.17. The van der Waals surface area contributed by atoms with Gasteiger partial charge in [-0.15, -0.1) is 11.6 Å². The van der Waals surface area contributed by atoms with Crippen LogP contribution in [0, 0.1) is 33.6 Å². The summed E-state index contributed by atoms with van der Waals surface area (Å²) in [7, 11) is 0. The number of rotatable bonds is 4. The Morgan fingerprint density at radius 3 is 2.10 bits per heavy atom. The summed E-state index contributed by atoms with van der Waals surface area (Å²) in [5.74, 6) is 0.927. The molecule has 0 N–H and O–H groups in total. The Morgan fingerprint density at radius 1 is 1.00 bits per heavy atom. The minimum Gasteiger partial charge on any atom is -0.118 e. The molecule has 0 spiro atoms. The predicted octanol–water partition coefficient (Wildman–Crippen LogP) is 6.56. The van der Waals surface area contributed by atoms with Crippen LogP contribution >= 0.6 is 11.6 Å². The zero-order valence-corrected chi connectivity index (χ0v) is 14.3. The molecule has 1 unspecified atom stereocenters. The highest BCUT2D eigenvalue weighted by Crippen LogP contribution is 2.37. The van der Waals surface area contributed by atoms with E-state index in [0.29, 0.717) is 0 Å². The highest BCUT2D eigenvalue weighted by molar-refractivity contribution is 6.21. The molecule has 0 nitrogen and oxygen atoms in total. The molecule has 1 aromatic carbocycles. The fourth-order valence-electron chi connectivity index (χ4n) is 3.72. The van der Waals surface area contributed by atoms with E-state index >= 15 is 0 Å². The second-order valence-electron chi connectivity index (χ2n) is 6.72. The Hall–Kier alpha value is -0.490. The normalized spacial score (nSPS) is 18.2. The molecular formula is C19H29Cl. The summed E-state index contributed by atoms with van der Waals surface area (Å²) in [6.07, 6.45) is 9.59. The van der Waals surface area contributed by atoms with Crippen LogP contribution < -0.4 is 0 Å². The zero-order chi connectivity index (χ0) is 14.7. The third kappa shape index (κ3) is 3.58. The summed E-state index contributed by atoms with van der Waals surface area (Å²) < 4.78 is 0. The van der Waals surface area contributed by atoms with E-state index in [0.717, 1.165) is 12.3 Å². The molecule has 0 heterocycles. The zero-order valence-electron chi connectivity index (χ0n) is 13.6. The molecule has 112 valence electrons. The van der Waals surface area contributed by atoms with E-state index in [1.54, 1.807) is 0 Å². The third-order valence-corrected chi connectivity index (χ3v) is 5.73. The second-order valence-corrected chi connectivity index (χ2v) is 7.25. The summed E-state index contributed by atoms with van der Waals surface area (Å²) in [6, 6.07) is 2.29. The van der Waals surface area contributed by atoms with Gasteiger partial charge in [-0.2, -0.15) is 0 Å². The smallest absolute Gasteiger partial charge is 0.0590 e. The SMILES string of the molecule is Cc1cc(C)c(C)c(C(Cl)CCC2CCCCC2)c1C. The molecule has 2 rings (SSSR count). The molecule has 20 heavy (non-hydrogen) atoms. The first-order valence-electron chi connectivity index (χ1n) is 8.22. The van der Waals surface area contributed by atoms with Crippen LogP contribution in [0.25, 0.3) is 0 Å². The van der Waals surface area contributed by atoms with E-state index in [-0.39, 0.29) is 5.38 Å². The van der Waals surface area contributed by atoms with Gasteiger partial charge in [0.1, 0.15) is 0 Å². The number of benzene rings is 1. The minimum atomic E-state index is 0.190. The Labute approximate surface area is 129 Å². The van der Waals surface area contributed by atoms with E-state index in [2.05, 4.69) is 33.8 Å². The van der Waals surface area contributed by atoms with Crippen molar-refractivity contribution in [3.8, 4) is 0 Å². The Kier molecular flexibility index (Phi) is 5.55. The van der Waals surface area contributed by atoms with E-state index < -0.39 is 0 Å². The quantitative estimate of drug-likeness (QED) is 0.551. The van der Waals surface area contributed by atoms with Crippen molar-refractivity contribution < 1.29 is 0 Å². The third-order valence-electron chi connectivity index (χ3n) is 5.29. The maximum absolute atomic E-state index is 6.78. The molecular weight excluding hydrogens is 264 g/mol. The topological polar surface area (TPSA) is 0 Å². The second kappa shape index (κ2) is 6.98. The van der Waals surface area contributed by atoms with Gasteiger partial charge in [-0.1, -0.05) is 38.2 Å². The number of hydrogen-bond donors (Lipinski definition) is 0. The molecule has 0 aliphatic heterocycles. The van der Waals surface area contributed by atoms with Gasteiger partial charge in [0, 0.05) is 0 Å². The summed E-state index contributed by atoms with van der Waals surface area (Å²) in [6.45, 7) is 8.87. The van der Waals surface area contributed by atoms with Crippen LogP contribution in [0.15, 0.2) is 6.07 Å². The summed E-state index contributed by atoms with van der Waals surface area (Å²) >= 11 is 6.78. The van der Waals surface area contributed by atoms with Crippen molar-refractivity contribution in [1.29, 1.82) is 0 Å². The van der Waals surface area contributed by atoms with Crippen molar-refractivity contribution in [3.63, 3.8) is 0 Å². The van der Waals surface area contributed by atoms with Crippen molar-refractivity contribution in [2.45, 2.75) is 78.0 Å². The van der Waals surface area contributed by atoms with Gasteiger partial charge in [-0.25, -0.2) is 0 Å². The van der Waals surface area contributed by atoms with Gasteiger partial charge in [0.25, 0.3) is 0 Å². The molecule has 1 aliphatic carbocycles. The molecule has 1 aromatic rings. The van der Waals surface area contributed by atoms with E-state index in [1.807, 2.05) is 0 Å². The lowest BCUT2D eigenvalue weighted by Crippen LogP contribution is -2.08. The molecule has 1 atom stereocenters. The van der Waals surface area contributed by atoms with Gasteiger partial charge in [0.2, 0.25) is 0 Å². The Bertz CT molecular complexity index is 429. The minimum absolute atomic E-state index is 0.190. The van der Waals surface area contributed by atoms with Crippen LogP contribution in [0.3, 0.4) is 0 Å². The van der Waals surface area contributed by atoms with Crippen LogP contribution in [0.4, 0.5) is 0 Å². The first-order valence-corrected chi connectivity index (χ1v) is 8.65. The molecule has 0 amide bonds. The molecule has 0 radical (unpaired) electrons. The average Bonchev–Trinajstić information content (AvgIpc) is 2.44. The first-order chi connectivity index (χ1) is 9.50. The van der Waals surface area contributed by atoms with Gasteiger partial charge >= 0.3 is 0 Å². The van der Waals surface area contributed by atoms with E-state index in [4.69, 9.17) is 11.6 Å². The summed E-state index contributed by atoms with van der Waals surface area (Å²) in [4.78, 5) is 0. The largest absolute Gasteiger partial charge is 0.118 e. The van der Waals surface area contributed by atoms with Crippen molar-refractivity contribution in [2.24, 2.45) is 5.92 Å². The van der Waals surface area contributed by atoms with Crippen molar-refractivity contribution in [2.75, 3.05) is 0 Å². The van der Waals surface area contributed by atoms with E-state index in [1.165, 1.54) is 66.3 Å². The highest BCUT2D eigenvalue weighted by Gasteiger charge is 2.19. The molecule has 1 aliphatic rings. The lowest BCUT2D eigenvalue weighted by molar-refractivity contribution is 0.331. The Balaban J connectivity index is 2.06. The average molecular weight is 293 g/mol. The summed E-state index contributed by atoms with van der Waals surface area (Å²) in [5, 5.41) is 0.190. The van der Waals surface area contributed by atoms with Crippen LogP contribution in [0.5, 0.6) is 0 Å². The number of aryl methyl sites for hydroxylation is 2. The molecule has 0 bridgehead atoms. The fraction of sp³-hybridized carbons (Fsp3) is 0.684. The first kappa shape index (κ1) is 15.9. The predicted molar refractivity (Wildman–Crippen MR) is 89.8 cm³/mol. The molecule has 1 heteroatoms. The lowest BCUT2D eigenvalue weighted by atomic mass is 9.84. The molecule has 1 saturated carbocycles. The standard InChI is InChI=1S/C19H29Cl/c1-13-12-14(2)16(4)19(15(13)3)18(20)11-10-17-8-6-5-7-9-17/h12,17-18H,5-11H2,1-4H3. The van der Waals surface area contributed by atoms with Gasteiger partial charge in [0.05, 0.1) is 5.38 Å². The van der Waals surface area contributed by atoms with Crippen LogP contribution in [-0.2, 0) is 0 Å². The number of hydrogen-bond acceptors (Lipinski definition) is 0. The molecule has 1 fully saturated rings. The lowest BCUT2D eigenvalue weighted by Gasteiger charge is -2.24. The van der Waals surface area contributed by atoms with Crippen LogP contribution in [-0.4, -0.2) is 0 Å². The van der Waals surface area contributed by atoms with Crippen LogP contribution in [0.1, 0.15) is 78.1 Å². The molecule has 0 saturated heterocycles. The van der Waals surface area contributed by atoms with Crippen molar-refractivity contribution in [3.05, 3.63) is 33.9 Å². The monoisotopic (exact) mass is 292 g/mol. The van der Waals surface area contributed by atoms with E-state index in [9.17, 15) is 0 Å². The van der Waals surface area contributed by atoms with Gasteiger partial charge in [-0.3, -0.25) is 0 Å². The van der Waals surface area contributed by atoms with Crippen molar-refractivity contribution >= 4 is 11.6 Å². The maximum Gasteiger partial charge on any atom is 0.0590 e. The van der Waals surface area contributed by atoms with Gasteiger partial charge in [0.15, 0.2) is 0 Å². The number of alkyl halides is 1.